The summed E-state index contributed by atoms with van der Waals surface area (Å²) in [6.45, 7) is 2.39. The Morgan fingerprint density at radius 3 is 1.80 bits per heavy atom. The molecule has 0 unspecified atom stereocenters. The van der Waals surface area contributed by atoms with Crippen molar-refractivity contribution < 1.29 is 72.5 Å². The fourth-order valence-corrected chi connectivity index (χ4v) is 14.1. The SMILES string of the molecule is CC(C)C[C@H](NC(=O)[C@@H](Cc1ccc2ccccc2c1)NC(=O)[C@H](Cc1ccc(O)cc1)NC(=O)[C@H](CO)NC(=O)[C@H](Cc1c[nH]c2ccccc12)NC(=O)[C@H](Cc1c[nH]cn1)NC(=O)[C@@H]1CCC(=O)N1)C(=O)N[C@@H](CCCNC(=N)N)C(=O)N1CCC[C@H]1C(=O)NCC(N)=O.N=C(N)Nc1ccc(C(=O)Oc2ccc3cc(C(=N)N)ccc3c2)cc1. The van der Waals surface area contributed by atoms with Gasteiger partial charge in [-0.2, -0.15) is 0 Å². The van der Waals surface area contributed by atoms with E-state index in [1.54, 1.807) is 92.8 Å². The Balaban J connectivity index is 0.000000507. The molecule has 7 aromatic carbocycles. The molecule has 122 heavy (non-hydrogen) atoms. The third-order valence-electron chi connectivity index (χ3n) is 20.3. The van der Waals surface area contributed by atoms with Crippen molar-refractivity contribution in [2.24, 2.45) is 28.9 Å². The van der Waals surface area contributed by atoms with E-state index in [9.17, 15) is 58.2 Å². The molecule has 640 valence electrons. The number of para-hydroxylation sites is 1. The highest BCUT2D eigenvalue weighted by Crippen LogP contribution is 2.27. The number of hydrogen-bond acceptors (Lipinski definition) is 19. The molecule has 9 atom stereocenters. The van der Waals surface area contributed by atoms with Crippen LogP contribution in [0.25, 0.3) is 32.4 Å². The van der Waals surface area contributed by atoms with Crippen LogP contribution in [0.2, 0.25) is 0 Å². The van der Waals surface area contributed by atoms with Crippen LogP contribution >= 0.6 is 0 Å². The van der Waals surface area contributed by atoms with Gasteiger partial charge in [-0.05, 0) is 143 Å². The van der Waals surface area contributed by atoms with Crippen LogP contribution in [0.1, 0.15) is 97.1 Å². The second-order valence-corrected chi connectivity index (χ2v) is 30.0. The number of imidazole rings is 1. The van der Waals surface area contributed by atoms with Crippen LogP contribution in [0, 0.1) is 22.1 Å². The largest absolute Gasteiger partial charge is 0.508 e. The Morgan fingerprint density at radius 2 is 1.16 bits per heavy atom. The number of hydrogen-bond donors (Lipinski definition) is 22. The predicted molar refractivity (Wildman–Crippen MR) is 453 cm³/mol. The summed E-state index contributed by atoms with van der Waals surface area (Å²) in [6, 6.07) is 30.5. The zero-order valence-electron chi connectivity index (χ0n) is 67.0. The number of anilines is 1. The van der Waals surface area contributed by atoms with Crippen LogP contribution in [-0.2, 0) is 78.4 Å². The molecular formula is C85H100N22O15. The van der Waals surface area contributed by atoms with E-state index in [0.29, 0.717) is 62.3 Å². The second kappa shape index (κ2) is 42.6. The van der Waals surface area contributed by atoms with Gasteiger partial charge in [-0.25, -0.2) is 9.78 Å². The predicted octanol–water partition coefficient (Wildman–Crippen LogP) is 1.24. The van der Waals surface area contributed by atoms with Gasteiger partial charge in [-0.1, -0.05) is 105 Å². The number of amidine groups is 1. The lowest BCUT2D eigenvalue weighted by atomic mass is 9.98. The smallest absolute Gasteiger partial charge is 0.343 e. The molecule has 2 fully saturated rings. The Kier molecular flexibility index (Phi) is 31.2. The molecule has 4 heterocycles. The van der Waals surface area contributed by atoms with Gasteiger partial charge in [0.05, 0.1) is 30.7 Å². The lowest BCUT2D eigenvalue weighted by molar-refractivity contribution is -0.142. The maximum Gasteiger partial charge on any atom is 0.343 e. The van der Waals surface area contributed by atoms with Crippen molar-refractivity contribution in [1.29, 1.82) is 16.2 Å². The number of carbonyl (C=O) groups excluding carboxylic acids is 12. The highest BCUT2D eigenvalue weighted by Gasteiger charge is 2.41. The number of phenols is 1. The molecule has 2 aromatic heterocycles. The Hall–Kier alpha value is -14.8. The number of likely N-dealkylation sites (tertiary alicyclic amines) is 1. The van der Waals surface area contributed by atoms with Crippen molar-refractivity contribution in [2.45, 2.75) is 139 Å². The molecule has 2 aliphatic rings. The topological polar surface area (TPSA) is 610 Å². The van der Waals surface area contributed by atoms with Crippen LogP contribution in [0.5, 0.6) is 11.5 Å². The number of carbonyl (C=O) groups is 12. The number of nitrogens with one attached hydrogen (secondary N) is 16. The lowest BCUT2D eigenvalue weighted by Crippen LogP contribution is -2.61. The molecule has 26 N–H and O–H groups in total. The third kappa shape index (κ3) is 25.6. The fraction of sp³-hybridized carbons (Fsp3) is 0.318. The quantitative estimate of drug-likeness (QED) is 0.00856. The van der Waals surface area contributed by atoms with E-state index in [0.717, 1.165) is 21.5 Å². The van der Waals surface area contributed by atoms with Gasteiger partial charge in [0.2, 0.25) is 65.0 Å². The van der Waals surface area contributed by atoms with Crippen molar-refractivity contribution in [3.05, 3.63) is 204 Å². The number of nitrogens with two attached hydrogens (primary N) is 4. The summed E-state index contributed by atoms with van der Waals surface area (Å²) in [7, 11) is 0. The molecule has 0 saturated carbocycles. The Labute approximate surface area is 700 Å². The molecule has 2 saturated heterocycles. The van der Waals surface area contributed by atoms with Crippen LogP contribution in [0.4, 0.5) is 5.69 Å². The molecule has 11 rings (SSSR count). The number of amides is 11. The monoisotopic (exact) mass is 1670 g/mol. The zero-order chi connectivity index (χ0) is 87.7. The van der Waals surface area contributed by atoms with Gasteiger partial charge in [0.1, 0.15) is 71.7 Å². The van der Waals surface area contributed by atoms with Gasteiger partial charge >= 0.3 is 5.97 Å². The first-order chi connectivity index (χ1) is 58.4. The number of nitrogen functional groups attached to an aromatic ring is 1. The van der Waals surface area contributed by atoms with E-state index in [1.807, 2.05) is 54.6 Å². The van der Waals surface area contributed by atoms with E-state index in [-0.39, 0.29) is 113 Å². The summed E-state index contributed by atoms with van der Waals surface area (Å²) in [5.74, 6) is -9.41. The highest BCUT2D eigenvalue weighted by atomic mass is 16.5. The second-order valence-electron chi connectivity index (χ2n) is 30.0. The summed E-state index contributed by atoms with van der Waals surface area (Å²) in [4.78, 5) is 177. The number of nitrogens with zero attached hydrogens (tertiary/aromatic N) is 2. The molecule has 9 aromatic rings. The van der Waals surface area contributed by atoms with E-state index < -0.39 is 133 Å². The minimum atomic E-state index is -1.80. The number of aromatic amines is 2. The van der Waals surface area contributed by atoms with Gasteiger partial charge in [-0.3, -0.25) is 69.0 Å². The summed E-state index contributed by atoms with van der Waals surface area (Å²) in [5.41, 5.74) is 25.8. The number of primary amides is 1. The Bertz CT molecular complexity index is 5330. The van der Waals surface area contributed by atoms with E-state index in [2.05, 4.69) is 73.4 Å². The Morgan fingerprint density at radius 1 is 0.582 bits per heavy atom. The standard InChI is InChI=1S/C66H83N17O13.C19H17N5O2/c1-36(2)25-48(58(89)76-47(13-7-23-71-66(68)69)65(96)83-24-8-14-54(83)64(95)73-33-55(67)86)77-60(91)50(28-38-15-18-39-9-3-4-10-40(39)26-38)78-59(90)49(27-37-16-19-43(85)20-17-37)79-63(94)53(34-84)82-61(92)51(29-41-31-72-45-12-6-5-11-44(41)45)80-62(93)52(30-42-32-70-35-74-42)81-57(88)46-21-22-56(87)75-46;20-17(21)14-2-1-13-10-16(8-5-12(13)9-14)26-18(25)11-3-6-15(7-4-11)24-19(22)23/h3-6,9-12,15-20,26,31-32,35-36,46-54,72,84-85H,7-8,13-14,21-25,27-30,33-34H2,1-2H3,(H2,67,86)(H,70,74)(H,73,95)(H,75,87)(H,76,89)(H,77,91)(H,78,90)(H,79,94)(H,80,93)(H,81,88)(H,82,92)(H4,68,69,71);1-10H,(H3,20,21)(H4,22,23,24)/t46-,47-,48-,49-,50+,51-,52-,53-,54-;/m0./s1. The van der Waals surface area contributed by atoms with Crippen molar-refractivity contribution >= 4 is 127 Å². The minimum Gasteiger partial charge on any atom is -0.508 e. The number of phenolic OH excluding ortho intramolecular Hbond substituents is 1. The number of aliphatic hydroxyl groups excluding tert-OH is 1. The molecule has 11 amide bonds. The van der Waals surface area contributed by atoms with Gasteiger partial charge in [0, 0.05) is 79.7 Å². The molecule has 2 aliphatic heterocycles. The first-order valence-corrected chi connectivity index (χ1v) is 39.5. The number of H-pyrrole nitrogens is 2. The molecular weight excluding hydrogens is 1570 g/mol. The number of ether oxygens (including phenoxy) is 1. The molecule has 0 spiro atoms. The van der Waals surface area contributed by atoms with Crippen molar-refractivity contribution in [3.8, 4) is 11.5 Å². The average Bonchev–Trinajstić information content (AvgIpc) is 1.54. The highest BCUT2D eigenvalue weighted by molar-refractivity contribution is 6.02. The van der Waals surface area contributed by atoms with E-state index >= 15 is 9.59 Å². The summed E-state index contributed by atoms with van der Waals surface area (Å²) in [5, 5.41) is 76.9. The molecule has 37 nitrogen and oxygen atoms in total. The summed E-state index contributed by atoms with van der Waals surface area (Å²) >= 11 is 0. The molecule has 0 radical (unpaired) electrons. The van der Waals surface area contributed by atoms with Crippen LogP contribution in [0.15, 0.2) is 170 Å². The number of benzene rings is 7. The number of rotatable bonds is 37. The average molecular weight is 1670 g/mol. The van der Waals surface area contributed by atoms with Gasteiger partial charge in [0.25, 0.3) is 0 Å². The number of fused-ring (bicyclic) bond motifs is 3. The van der Waals surface area contributed by atoms with Crippen molar-refractivity contribution in [2.75, 3.05) is 31.6 Å². The number of aromatic nitrogens is 3. The number of aromatic hydroxyl groups is 1. The normalized spacial score (nSPS) is 15.2. The lowest BCUT2D eigenvalue weighted by Gasteiger charge is -2.31. The number of aliphatic hydroxyl groups is 1. The van der Waals surface area contributed by atoms with Gasteiger partial charge in [-0.15, -0.1) is 0 Å². The van der Waals surface area contributed by atoms with E-state index in [1.165, 1.54) is 41.7 Å². The molecule has 0 aliphatic carbocycles. The fourth-order valence-electron chi connectivity index (χ4n) is 14.1. The van der Waals surface area contributed by atoms with Crippen molar-refractivity contribution in [3.63, 3.8) is 0 Å². The first-order valence-electron chi connectivity index (χ1n) is 39.5. The number of guanidine groups is 2. The van der Waals surface area contributed by atoms with Crippen LogP contribution in [-0.4, -0.2) is 199 Å². The van der Waals surface area contributed by atoms with Crippen LogP contribution in [0.3, 0.4) is 0 Å². The third-order valence-corrected chi connectivity index (χ3v) is 20.3. The van der Waals surface area contributed by atoms with Crippen molar-refractivity contribution in [1.82, 2.24) is 73.0 Å². The first kappa shape index (κ1) is 89.6. The summed E-state index contributed by atoms with van der Waals surface area (Å²) < 4.78 is 5.41. The molecule has 0 bridgehead atoms. The van der Waals surface area contributed by atoms with Gasteiger partial charge < -0.3 is 111 Å². The summed E-state index contributed by atoms with van der Waals surface area (Å²) in [6.07, 6.45) is 4.93. The van der Waals surface area contributed by atoms with E-state index in [4.69, 9.17) is 43.9 Å². The maximum absolute atomic E-state index is 15.1. The zero-order valence-corrected chi connectivity index (χ0v) is 67.0. The van der Waals surface area contributed by atoms with Crippen LogP contribution < -0.4 is 86.2 Å². The molecule has 37 heteroatoms. The van der Waals surface area contributed by atoms with Gasteiger partial charge in [0.15, 0.2) is 11.9 Å². The minimum absolute atomic E-state index is 0.00426. The maximum atomic E-state index is 15.1. The number of esters is 1.